The molecule has 0 aliphatic rings. The average molecular weight is 377 g/mol. The lowest BCUT2D eigenvalue weighted by atomic mass is 10.3. The fourth-order valence-corrected chi connectivity index (χ4v) is 1.40. The van der Waals surface area contributed by atoms with E-state index in [1.807, 2.05) is 0 Å². The molecule has 0 bridgehead atoms. The summed E-state index contributed by atoms with van der Waals surface area (Å²) >= 11 is 2.18. The number of amides is 1. The van der Waals surface area contributed by atoms with Crippen molar-refractivity contribution >= 4 is 40.7 Å². The van der Waals surface area contributed by atoms with Gasteiger partial charge in [0, 0.05) is 17.2 Å². The van der Waals surface area contributed by atoms with E-state index in [9.17, 15) is 9.18 Å². The molecule has 1 rings (SSSR count). The summed E-state index contributed by atoms with van der Waals surface area (Å²) in [4.78, 5) is 18.9. The third kappa shape index (κ3) is 5.73. The van der Waals surface area contributed by atoms with Crippen molar-refractivity contribution < 1.29 is 9.18 Å². The lowest BCUT2D eigenvalue weighted by Gasteiger charge is -2.04. The molecular formula is C11H13FIN5O. The van der Waals surface area contributed by atoms with Crippen LogP contribution in [0.2, 0.25) is 0 Å². The molecule has 6 nitrogen and oxygen atoms in total. The lowest BCUT2D eigenvalue weighted by molar-refractivity contribution is -0.115. The molecule has 0 saturated carbocycles. The van der Waals surface area contributed by atoms with Gasteiger partial charge in [0.25, 0.3) is 5.91 Å². The van der Waals surface area contributed by atoms with Gasteiger partial charge >= 0.3 is 0 Å². The van der Waals surface area contributed by atoms with Gasteiger partial charge in [0.15, 0.2) is 0 Å². The molecule has 0 saturated heterocycles. The van der Waals surface area contributed by atoms with E-state index in [0.29, 0.717) is 6.54 Å². The molecule has 1 aromatic rings. The van der Waals surface area contributed by atoms with E-state index in [4.69, 9.17) is 5.41 Å². The maximum Gasteiger partial charge on any atom is 0.288 e. The summed E-state index contributed by atoms with van der Waals surface area (Å²) in [7, 11) is 0. The van der Waals surface area contributed by atoms with Gasteiger partial charge in [-0.15, -0.1) is 0 Å². The molecule has 0 aromatic carbocycles. The minimum Gasteiger partial charge on any atom is -0.375 e. The van der Waals surface area contributed by atoms with Crippen LogP contribution in [0, 0.1) is 11.2 Å². The Morgan fingerprint density at radius 1 is 1.63 bits per heavy atom. The standard InChI is InChI=1S/C11H13FIN5O/c12-8-2-1-4-16-9(8)6-17-11(19)10(14)18-7-15-5-3-13/h1-2,4,7H,3,5-6H2,(H,17,19)(H2,14,15,18). The van der Waals surface area contributed by atoms with E-state index in [1.54, 1.807) is 0 Å². The Bertz CT molecular complexity index is 480. The molecule has 0 aliphatic carbocycles. The maximum absolute atomic E-state index is 13.2. The van der Waals surface area contributed by atoms with Crippen LogP contribution in [0.3, 0.4) is 0 Å². The monoisotopic (exact) mass is 377 g/mol. The fourth-order valence-electron chi connectivity index (χ4n) is 1.08. The first-order valence-corrected chi connectivity index (χ1v) is 6.95. The number of nitrogens with one attached hydrogen (secondary N) is 3. The Labute approximate surface area is 123 Å². The molecule has 1 aromatic heterocycles. The van der Waals surface area contributed by atoms with Crippen LogP contribution in [0.4, 0.5) is 4.39 Å². The number of hydrogen-bond acceptors (Lipinski definition) is 3. The highest BCUT2D eigenvalue weighted by atomic mass is 127. The van der Waals surface area contributed by atoms with Crippen LogP contribution in [0.1, 0.15) is 5.69 Å². The average Bonchev–Trinajstić information content (AvgIpc) is 2.42. The van der Waals surface area contributed by atoms with Crippen molar-refractivity contribution in [1.82, 2.24) is 15.6 Å². The predicted octanol–water partition coefficient (Wildman–Crippen LogP) is 0.867. The molecule has 1 amide bonds. The number of rotatable bonds is 5. The van der Waals surface area contributed by atoms with Crippen LogP contribution in [0.15, 0.2) is 23.3 Å². The van der Waals surface area contributed by atoms with Crippen LogP contribution in [-0.4, -0.2) is 34.0 Å². The molecule has 102 valence electrons. The van der Waals surface area contributed by atoms with Gasteiger partial charge in [0.05, 0.1) is 18.6 Å². The number of hydrogen-bond donors (Lipinski definition) is 3. The number of carbonyl (C=O) groups is 1. The van der Waals surface area contributed by atoms with Gasteiger partial charge in [-0.1, -0.05) is 22.6 Å². The second kappa shape index (κ2) is 8.51. The molecule has 1 heterocycles. The smallest absolute Gasteiger partial charge is 0.288 e. The zero-order valence-corrected chi connectivity index (χ0v) is 12.1. The number of aromatic nitrogens is 1. The fraction of sp³-hybridized carbons (Fsp3) is 0.273. The topological polar surface area (TPSA) is 90.2 Å². The highest BCUT2D eigenvalue weighted by molar-refractivity contribution is 14.1. The second-order valence-corrected chi connectivity index (χ2v) is 4.44. The summed E-state index contributed by atoms with van der Waals surface area (Å²) in [6.07, 6.45) is 2.73. The summed E-state index contributed by atoms with van der Waals surface area (Å²) < 4.78 is 14.1. The van der Waals surface area contributed by atoms with E-state index < -0.39 is 17.6 Å². The molecule has 0 spiro atoms. The van der Waals surface area contributed by atoms with Gasteiger partial charge in [-0.05, 0) is 12.1 Å². The third-order valence-corrected chi connectivity index (χ3v) is 2.53. The number of amidine groups is 1. The highest BCUT2D eigenvalue weighted by Crippen LogP contribution is 2.01. The van der Waals surface area contributed by atoms with Gasteiger partial charge in [0.1, 0.15) is 5.82 Å². The molecule has 0 fully saturated rings. The van der Waals surface area contributed by atoms with Crippen molar-refractivity contribution in [1.29, 1.82) is 5.41 Å². The Kier molecular flexibility index (Phi) is 6.93. The minimum atomic E-state index is -0.683. The first kappa shape index (κ1) is 15.5. The van der Waals surface area contributed by atoms with Gasteiger partial charge in [-0.3, -0.25) is 15.2 Å². The Balaban J connectivity index is 2.41. The molecule has 0 radical (unpaired) electrons. The zero-order valence-electron chi connectivity index (χ0n) is 9.99. The lowest BCUT2D eigenvalue weighted by Crippen LogP contribution is -2.30. The van der Waals surface area contributed by atoms with Crippen molar-refractivity contribution in [3.05, 3.63) is 29.8 Å². The summed E-state index contributed by atoms with van der Waals surface area (Å²) in [5, 5.41) is 12.6. The molecule has 8 heteroatoms. The number of nitrogens with zero attached hydrogens (tertiary/aromatic N) is 2. The third-order valence-electron chi connectivity index (χ3n) is 1.99. The number of halogens is 2. The Hall–Kier alpha value is -1.58. The predicted molar refractivity (Wildman–Crippen MR) is 79.2 cm³/mol. The molecule has 0 atom stereocenters. The van der Waals surface area contributed by atoms with Gasteiger partial charge in [-0.2, -0.15) is 0 Å². The van der Waals surface area contributed by atoms with E-state index in [2.05, 4.69) is 43.2 Å². The van der Waals surface area contributed by atoms with E-state index in [1.165, 1.54) is 24.7 Å². The molecule has 19 heavy (non-hydrogen) atoms. The van der Waals surface area contributed by atoms with Crippen molar-refractivity contribution in [2.24, 2.45) is 4.99 Å². The molecule has 3 N–H and O–H groups in total. The minimum absolute atomic E-state index is 0.0788. The first-order valence-electron chi connectivity index (χ1n) is 5.43. The summed E-state index contributed by atoms with van der Waals surface area (Å²) in [6.45, 7) is 0.628. The normalized spacial score (nSPS) is 10.4. The van der Waals surface area contributed by atoms with E-state index in [-0.39, 0.29) is 12.2 Å². The van der Waals surface area contributed by atoms with Gasteiger partial charge in [-0.25, -0.2) is 9.38 Å². The molecule has 0 unspecified atom stereocenters. The maximum atomic E-state index is 13.2. The number of alkyl halides is 1. The Morgan fingerprint density at radius 3 is 3.11 bits per heavy atom. The van der Waals surface area contributed by atoms with Crippen molar-refractivity contribution in [2.45, 2.75) is 6.54 Å². The van der Waals surface area contributed by atoms with Gasteiger partial charge < -0.3 is 10.6 Å². The molecule has 0 aliphatic heterocycles. The van der Waals surface area contributed by atoms with Crippen molar-refractivity contribution in [3.63, 3.8) is 0 Å². The number of pyridine rings is 1. The van der Waals surface area contributed by atoms with Crippen LogP contribution in [0.5, 0.6) is 0 Å². The summed E-state index contributed by atoms with van der Waals surface area (Å²) in [6, 6.07) is 2.72. The SMILES string of the molecule is N=C(/N=C\NCCI)C(=O)NCc1ncccc1F. The molecular weight excluding hydrogens is 364 g/mol. The first-order chi connectivity index (χ1) is 9.15. The number of aliphatic imine (C=N–C) groups is 1. The van der Waals surface area contributed by atoms with Gasteiger partial charge in [0.2, 0.25) is 5.84 Å². The van der Waals surface area contributed by atoms with Crippen LogP contribution in [-0.2, 0) is 11.3 Å². The Morgan fingerprint density at radius 2 is 2.42 bits per heavy atom. The second-order valence-electron chi connectivity index (χ2n) is 3.36. The van der Waals surface area contributed by atoms with Crippen LogP contribution >= 0.6 is 22.6 Å². The highest BCUT2D eigenvalue weighted by Gasteiger charge is 2.09. The van der Waals surface area contributed by atoms with Crippen molar-refractivity contribution in [2.75, 3.05) is 11.0 Å². The van der Waals surface area contributed by atoms with Crippen LogP contribution < -0.4 is 10.6 Å². The van der Waals surface area contributed by atoms with Crippen LogP contribution in [0.25, 0.3) is 0 Å². The quantitative estimate of drug-likeness (QED) is 0.234. The zero-order chi connectivity index (χ0) is 14.1. The van der Waals surface area contributed by atoms with E-state index in [0.717, 1.165) is 4.43 Å². The van der Waals surface area contributed by atoms with E-state index >= 15 is 0 Å². The van der Waals surface area contributed by atoms with Crippen molar-refractivity contribution in [3.8, 4) is 0 Å². The summed E-state index contributed by atoms with van der Waals surface area (Å²) in [5.74, 6) is -1.63. The number of carbonyl (C=O) groups excluding carboxylic acids is 1. The summed E-state index contributed by atoms with van der Waals surface area (Å²) in [5.41, 5.74) is 0.121. The largest absolute Gasteiger partial charge is 0.375 e.